The van der Waals surface area contributed by atoms with Crippen LogP contribution in [0.2, 0.25) is 0 Å². The Morgan fingerprint density at radius 1 is 0.889 bits per heavy atom. The van der Waals surface area contributed by atoms with E-state index in [1.165, 1.54) is 24.0 Å². The Labute approximate surface area is 260 Å². The number of para-hydroxylation sites is 1. The van der Waals surface area contributed by atoms with Gasteiger partial charge in [-0.15, -0.1) is 0 Å². The van der Waals surface area contributed by atoms with Crippen LogP contribution < -0.4 is 25.0 Å². The summed E-state index contributed by atoms with van der Waals surface area (Å²) >= 11 is 0. The molecule has 2 heterocycles. The molecular weight excluding hydrogens is 576 g/mol. The normalized spacial score (nSPS) is 17.3. The summed E-state index contributed by atoms with van der Waals surface area (Å²) in [7, 11) is 2.89. The highest BCUT2D eigenvalue weighted by Gasteiger charge is 2.63. The first-order chi connectivity index (χ1) is 21.8. The molecule has 0 fully saturated rings. The molecule has 0 unspecified atom stereocenters. The number of benzene rings is 3. The van der Waals surface area contributed by atoms with Gasteiger partial charge in [0.15, 0.2) is 0 Å². The van der Waals surface area contributed by atoms with E-state index in [0.29, 0.717) is 17.0 Å². The molecule has 0 radical (unpaired) electrons. The maximum absolute atomic E-state index is 15.0. The molecule has 11 heteroatoms. The van der Waals surface area contributed by atoms with Crippen molar-refractivity contribution in [3.63, 3.8) is 0 Å². The molecule has 0 aliphatic carbocycles. The average molecular weight is 609 g/mol. The second-order valence-electron chi connectivity index (χ2n) is 10.1. The number of nitrogens with zero attached hydrogens (tertiary/aromatic N) is 3. The van der Waals surface area contributed by atoms with Gasteiger partial charge in [-0.3, -0.25) is 9.69 Å². The molecule has 2 aliphatic rings. The Hall–Kier alpha value is -5.76. The third-order valence-corrected chi connectivity index (χ3v) is 7.74. The zero-order valence-corrected chi connectivity index (χ0v) is 25.3. The van der Waals surface area contributed by atoms with Crippen LogP contribution in [0.25, 0.3) is 0 Å². The van der Waals surface area contributed by atoms with E-state index in [2.05, 4.69) is 6.07 Å². The number of rotatable bonds is 9. The number of nitriles is 1. The molecule has 45 heavy (non-hydrogen) atoms. The van der Waals surface area contributed by atoms with E-state index in [4.69, 9.17) is 24.7 Å². The minimum atomic E-state index is -2.13. The van der Waals surface area contributed by atoms with Gasteiger partial charge in [-0.1, -0.05) is 48.5 Å². The first-order valence-corrected chi connectivity index (χ1v) is 14.3. The molecule has 1 spiro atoms. The van der Waals surface area contributed by atoms with Crippen LogP contribution in [0, 0.1) is 11.3 Å². The van der Waals surface area contributed by atoms with Gasteiger partial charge in [0.25, 0.3) is 0 Å². The van der Waals surface area contributed by atoms with Gasteiger partial charge in [0, 0.05) is 17.3 Å². The second-order valence-corrected chi connectivity index (χ2v) is 10.1. The van der Waals surface area contributed by atoms with E-state index in [9.17, 15) is 19.6 Å². The molecule has 0 aromatic heterocycles. The van der Waals surface area contributed by atoms with Crippen molar-refractivity contribution >= 4 is 29.2 Å². The lowest BCUT2D eigenvalue weighted by molar-refractivity contribution is -0.143. The summed E-state index contributed by atoms with van der Waals surface area (Å²) < 4.78 is 22.0. The Morgan fingerprint density at radius 2 is 1.56 bits per heavy atom. The number of nitrogens with two attached hydrogens (primary N) is 1. The maximum atomic E-state index is 15.0. The van der Waals surface area contributed by atoms with Crippen molar-refractivity contribution in [2.45, 2.75) is 25.8 Å². The summed E-state index contributed by atoms with van der Waals surface area (Å²) in [6.45, 7) is 3.20. The molecule has 3 aromatic carbocycles. The van der Waals surface area contributed by atoms with Gasteiger partial charge in [-0.2, -0.15) is 5.26 Å². The third-order valence-electron chi connectivity index (χ3n) is 7.74. The quantitative estimate of drug-likeness (QED) is 0.353. The molecular formula is C34H32N4O7. The number of methoxy groups -OCH3 is 2. The SMILES string of the molecule is CCOC(=O)C1=C(C(=O)OCC)[C@@]2(C(=O)N(Cc3ccccc3)c3ccccc32)C(C#N)=C(N)N1c1ccc(OC)cc1OC. The molecule has 3 aromatic rings. The number of esters is 2. The number of fused-ring (bicyclic) bond motifs is 2. The van der Waals surface area contributed by atoms with Gasteiger partial charge in [-0.05, 0) is 37.6 Å². The highest BCUT2D eigenvalue weighted by atomic mass is 16.5. The van der Waals surface area contributed by atoms with Crippen molar-refractivity contribution in [1.29, 1.82) is 5.26 Å². The van der Waals surface area contributed by atoms with Crippen LogP contribution in [-0.4, -0.2) is 45.3 Å². The Bertz CT molecular complexity index is 1780. The largest absolute Gasteiger partial charge is 0.497 e. The fraction of sp³-hybridized carbons (Fsp3) is 0.235. The van der Waals surface area contributed by atoms with E-state index in [1.54, 1.807) is 56.3 Å². The summed E-state index contributed by atoms with van der Waals surface area (Å²) in [6, 6.07) is 22.9. The van der Waals surface area contributed by atoms with Crippen LogP contribution in [0.5, 0.6) is 11.5 Å². The minimum absolute atomic E-state index is 0.0571. The Balaban J connectivity index is 1.91. The lowest BCUT2D eigenvalue weighted by atomic mass is 9.66. The van der Waals surface area contributed by atoms with Crippen molar-refractivity contribution in [1.82, 2.24) is 0 Å². The van der Waals surface area contributed by atoms with Crippen LogP contribution >= 0.6 is 0 Å². The smallest absolute Gasteiger partial charge is 0.355 e. The monoisotopic (exact) mass is 608 g/mol. The van der Waals surface area contributed by atoms with Crippen LogP contribution in [0.15, 0.2) is 95.5 Å². The molecule has 11 nitrogen and oxygen atoms in total. The number of anilines is 2. The fourth-order valence-corrected chi connectivity index (χ4v) is 5.90. The van der Waals surface area contributed by atoms with E-state index in [1.807, 2.05) is 30.3 Å². The van der Waals surface area contributed by atoms with E-state index in [-0.39, 0.29) is 53.9 Å². The van der Waals surface area contributed by atoms with Gasteiger partial charge in [0.1, 0.15) is 34.5 Å². The van der Waals surface area contributed by atoms with Gasteiger partial charge < -0.3 is 29.6 Å². The first-order valence-electron chi connectivity index (χ1n) is 14.3. The molecule has 0 bridgehead atoms. The van der Waals surface area contributed by atoms with Crippen molar-refractivity contribution in [2.75, 3.05) is 37.2 Å². The number of hydrogen-bond acceptors (Lipinski definition) is 10. The molecule has 0 saturated heterocycles. The van der Waals surface area contributed by atoms with Crippen molar-refractivity contribution < 1.29 is 33.3 Å². The topological polar surface area (TPSA) is 144 Å². The molecule has 1 atom stereocenters. The maximum Gasteiger partial charge on any atom is 0.355 e. The molecule has 5 rings (SSSR count). The van der Waals surface area contributed by atoms with Crippen LogP contribution in [-0.2, 0) is 35.8 Å². The highest BCUT2D eigenvalue weighted by Crippen LogP contribution is 2.56. The molecule has 2 aliphatic heterocycles. The first kappa shape index (κ1) is 30.7. The minimum Gasteiger partial charge on any atom is -0.497 e. The van der Waals surface area contributed by atoms with Crippen LogP contribution in [0.4, 0.5) is 11.4 Å². The standard InChI is InChI=1S/C34H32N4O7/c1-5-44-31(39)28-29(32(40)45-6-2)38(26-17-16-22(42-3)18-27(26)43-4)30(36)24(19-35)34(28)23-14-10-11-15-25(23)37(33(34)41)20-21-12-8-7-9-13-21/h7-18H,5-6,20,36H2,1-4H3/t34-/m0/s1. The highest BCUT2D eigenvalue weighted by molar-refractivity contribution is 6.21. The number of carbonyl (C=O) groups excluding carboxylic acids is 3. The fourth-order valence-electron chi connectivity index (χ4n) is 5.90. The second kappa shape index (κ2) is 12.5. The van der Waals surface area contributed by atoms with E-state index in [0.717, 1.165) is 5.56 Å². The van der Waals surface area contributed by atoms with E-state index >= 15 is 0 Å². The molecule has 0 saturated carbocycles. The molecule has 230 valence electrons. The zero-order chi connectivity index (χ0) is 32.3. The summed E-state index contributed by atoms with van der Waals surface area (Å²) in [5.74, 6) is -2.19. The number of ether oxygens (including phenoxy) is 4. The number of amides is 1. The van der Waals surface area contributed by atoms with Crippen molar-refractivity contribution in [3.05, 3.63) is 107 Å². The lowest BCUT2D eigenvalue weighted by Gasteiger charge is -2.41. The molecule has 1 amide bonds. The average Bonchev–Trinajstić information content (AvgIpc) is 3.28. The third kappa shape index (κ3) is 4.80. The number of hydrogen-bond donors (Lipinski definition) is 1. The van der Waals surface area contributed by atoms with E-state index < -0.39 is 23.3 Å². The summed E-state index contributed by atoms with van der Waals surface area (Å²) in [5, 5.41) is 10.8. The van der Waals surface area contributed by atoms with Gasteiger partial charge >= 0.3 is 11.9 Å². The summed E-state index contributed by atoms with van der Waals surface area (Å²) in [5.41, 5.74) is 5.43. The van der Waals surface area contributed by atoms with Gasteiger partial charge in [0.05, 0.1) is 50.8 Å². The van der Waals surface area contributed by atoms with Crippen molar-refractivity contribution in [3.8, 4) is 17.6 Å². The summed E-state index contributed by atoms with van der Waals surface area (Å²) in [6.07, 6.45) is 0. The van der Waals surface area contributed by atoms with Crippen molar-refractivity contribution in [2.24, 2.45) is 5.73 Å². The Kier molecular flexibility index (Phi) is 8.50. The van der Waals surface area contributed by atoms with Crippen LogP contribution in [0.3, 0.4) is 0 Å². The predicted molar refractivity (Wildman–Crippen MR) is 165 cm³/mol. The van der Waals surface area contributed by atoms with Gasteiger partial charge in [-0.25, -0.2) is 9.59 Å². The number of carbonyl (C=O) groups is 3. The van der Waals surface area contributed by atoms with Gasteiger partial charge in [0.2, 0.25) is 5.91 Å². The molecule has 2 N–H and O–H groups in total. The zero-order valence-electron chi connectivity index (χ0n) is 25.3. The Morgan fingerprint density at radius 3 is 2.20 bits per heavy atom. The van der Waals surface area contributed by atoms with Crippen LogP contribution in [0.1, 0.15) is 25.0 Å². The lowest BCUT2D eigenvalue weighted by Crippen LogP contribution is -2.53. The summed E-state index contributed by atoms with van der Waals surface area (Å²) in [4.78, 5) is 45.9. The predicted octanol–water partition coefficient (Wildman–Crippen LogP) is 4.08.